The summed E-state index contributed by atoms with van der Waals surface area (Å²) in [6, 6.07) is 0. The maximum Gasteiger partial charge on any atom is 0.244 e. The summed E-state index contributed by atoms with van der Waals surface area (Å²) in [5, 5.41) is 7.78. The van der Waals surface area contributed by atoms with Crippen LogP contribution in [-0.4, -0.2) is 36.8 Å². The smallest absolute Gasteiger partial charge is 0.244 e. The summed E-state index contributed by atoms with van der Waals surface area (Å²) in [5.74, 6) is 0. The average Bonchev–Trinajstić information content (AvgIpc) is 3.12. The molecule has 0 saturated heterocycles. The van der Waals surface area contributed by atoms with Gasteiger partial charge in [-0.2, -0.15) is 5.10 Å². The van der Waals surface area contributed by atoms with Crippen molar-refractivity contribution in [2.45, 2.75) is 31.3 Å². The maximum absolute atomic E-state index is 12.2. The van der Waals surface area contributed by atoms with Crippen LogP contribution in [0.2, 0.25) is 0 Å². The average molecular weight is 329 g/mol. The molecular weight excluding hydrogens is 310 g/mol. The van der Waals surface area contributed by atoms with Gasteiger partial charge in [0.05, 0.1) is 19.3 Å². The molecule has 0 aliphatic carbocycles. The minimum atomic E-state index is -3.55. The molecule has 2 aromatic heterocycles. The Morgan fingerprint density at radius 1 is 1.38 bits per heavy atom. The SMILES string of the molecule is CCc1cnc(CNS(=O)(=O)c2cnn(CCNC)c2)s1. The highest BCUT2D eigenvalue weighted by Crippen LogP contribution is 2.14. The molecule has 0 saturated carbocycles. The summed E-state index contributed by atoms with van der Waals surface area (Å²) in [6.07, 6.45) is 5.57. The number of likely N-dealkylation sites (N-methyl/N-ethyl adjacent to an activating group) is 1. The number of nitrogens with zero attached hydrogens (tertiary/aromatic N) is 3. The highest BCUT2D eigenvalue weighted by Gasteiger charge is 2.16. The van der Waals surface area contributed by atoms with Gasteiger partial charge in [-0.1, -0.05) is 6.92 Å². The zero-order valence-corrected chi connectivity index (χ0v) is 13.7. The Morgan fingerprint density at radius 2 is 2.19 bits per heavy atom. The summed E-state index contributed by atoms with van der Waals surface area (Å²) in [5.41, 5.74) is 0. The first-order valence-electron chi connectivity index (χ1n) is 6.65. The van der Waals surface area contributed by atoms with Crippen LogP contribution in [0.5, 0.6) is 0 Å². The van der Waals surface area contributed by atoms with E-state index in [1.807, 2.05) is 14.0 Å². The lowest BCUT2D eigenvalue weighted by molar-refractivity contribution is 0.576. The number of hydrogen-bond donors (Lipinski definition) is 2. The Bertz CT molecular complexity index is 677. The Labute approximate surface area is 128 Å². The molecule has 2 heterocycles. The van der Waals surface area contributed by atoms with E-state index in [-0.39, 0.29) is 11.4 Å². The molecule has 2 aromatic rings. The van der Waals surface area contributed by atoms with E-state index >= 15 is 0 Å². The molecule has 116 valence electrons. The van der Waals surface area contributed by atoms with Gasteiger partial charge in [0.2, 0.25) is 10.0 Å². The molecule has 0 aromatic carbocycles. The van der Waals surface area contributed by atoms with E-state index in [4.69, 9.17) is 0 Å². The molecule has 0 spiro atoms. The second-order valence-electron chi connectivity index (χ2n) is 4.44. The second kappa shape index (κ2) is 7.12. The largest absolute Gasteiger partial charge is 0.318 e. The number of thiazole rings is 1. The van der Waals surface area contributed by atoms with E-state index in [9.17, 15) is 8.42 Å². The third-order valence-corrected chi connectivity index (χ3v) is 5.37. The Kier molecular flexibility index (Phi) is 5.45. The second-order valence-corrected chi connectivity index (χ2v) is 7.41. The van der Waals surface area contributed by atoms with Gasteiger partial charge in [-0.25, -0.2) is 18.1 Å². The summed E-state index contributed by atoms with van der Waals surface area (Å²) in [6.45, 7) is 3.60. The molecule has 0 radical (unpaired) electrons. The van der Waals surface area contributed by atoms with Crippen molar-refractivity contribution in [1.29, 1.82) is 0 Å². The van der Waals surface area contributed by atoms with Gasteiger partial charge in [0.25, 0.3) is 0 Å². The van der Waals surface area contributed by atoms with Crippen LogP contribution in [0.3, 0.4) is 0 Å². The topological polar surface area (TPSA) is 88.9 Å². The first kappa shape index (κ1) is 16.1. The first-order chi connectivity index (χ1) is 10.0. The van der Waals surface area contributed by atoms with Crippen molar-refractivity contribution in [3.8, 4) is 0 Å². The van der Waals surface area contributed by atoms with Gasteiger partial charge in [0.1, 0.15) is 9.90 Å². The quantitative estimate of drug-likeness (QED) is 0.740. The summed E-state index contributed by atoms with van der Waals surface area (Å²) >= 11 is 1.52. The van der Waals surface area contributed by atoms with Crippen LogP contribution in [0.4, 0.5) is 0 Å². The van der Waals surface area contributed by atoms with Crippen molar-refractivity contribution in [3.63, 3.8) is 0 Å². The lowest BCUT2D eigenvalue weighted by Gasteiger charge is -2.02. The lowest BCUT2D eigenvalue weighted by atomic mass is 10.4. The normalized spacial score (nSPS) is 11.9. The van der Waals surface area contributed by atoms with Crippen LogP contribution >= 0.6 is 11.3 Å². The highest BCUT2D eigenvalue weighted by atomic mass is 32.2. The Hall–Kier alpha value is -1.29. The van der Waals surface area contributed by atoms with Crippen LogP contribution in [0.1, 0.15) is 16.8 Å². The molecule has 2 N–H and O–H groups in total. The fraction of sp³-hybridized carbons (Fsp3) is 0.500. The van der Waals surface area contributed by atoms with Crippen molar-refractivity contribution in [2.24, 2.45) is 0 Å². The first-order valence-corrected chi connectivity index (χ1v) is 8.95. The predicted molar refractivity (Wildman–Crippen MR) is 81.7 cm³/mol. The standard InChI is InChI=1S/C12H19N5O2S2/c1-3-10-6-14-12(20-10)8-16-21(18,19)11-7-15-17(9-11)5-4-13-2/h6-7,9,13,16H,3-5,8H2,1-2H3. The number of aryl methyl sites for hydroxylation is 1. The minimum Gasteiger partial charge on any atom is -0.318 e. The molecule has 7 nitrogen and oxygen atoms in total. The number of nitrogens with one attached hydrogen (secondary N) is 2. The number of rotatable bonds is 8. The predicted octanol–water partition coefficient (Wildman–Crippen LogP) is 0.600. The monoisotopic (exact) mass is 329 g/mol. The van der Waals surface area contributed by atoms with Crippen molar-refractivity contribution in [2.75, 3.05) is 13.6 Å². The van der Waals surface area contributed by atoms with Gasteiger partial charge in [-0.15, -0.1) is 11.3 Å². The van der Waals surface area contributed by atoms with Crippen molar-refractivity contribution in [1.82, 2.24) is 24.8 Å². The molecule has 0 amide bonds. The van der Waals surface area contributed by atoms with E-state index in [0.29, 0.717) is 6.54 Å². The molecule has 0 atom stereocenters. The molecule has 9 heteroatoms. The van der Waals surface area contributed by atoms with Crippen LogP contribution in [0.15, 0.2) is 23.5 Å². The molecule has 21 heavy (non-hydrogen) atoms. The molecule has 2 rings (SSSR count). The van der Waals surface area contributed by atoms with Crippen molar-refractivity contribution < 1.29 is 8.42 Å². The minimum absolute atomic E-state index is 0.172. The fourth-order valence-corrected chi connectivity index (χ4v) is 3.50. The van der Waals surface area contributed by atoms with E-state index in [1.165, 1.54) is 23.7 Å². The zero-order valence-electron chi connectivity index (χ0n) is 12.0. The van der Waals surface area contributed by atoms with Gasteiger partial charge in [0.15, 0.2) is 0 Å². The summed E-state index contributed by atoms with van der Waals surface area (Å²) in [4.78, 5) is 5.51. The van der Waals surface area contributed by atoms with Gasteiger partial charge in [-0.3, -0.25) is 4.68 Å². The third kappa shape index (κ3) is 4.34. The van der Waals surface area contributed by atoms with Crippen LogP contribution in [-0.2, 0) is 29.5 Å². The van der Waals surface area contributed by atoms with Gasteiger partial charge >= 0.3 is 0 Å². The summed E-state index contributed by atoms with van der Waals surface area (Å²) < 4.78 is 28.5. The maximum atomic E-state index is 12.2. The van der Waals surface area contributed by atoms with Gasteiger partial charge in [0, 0.05) is 23.8 Å². The van der Waals surface area contributed by atoms with Gasteiger partial charge in [-0.05, 0) is 13.5 Å². The number of sulfonamides is 1. The van der Waals surface area contributed by atoms with Gasteiger partial charge < -0.3 is 5.32 Å². The van der Waals surface area contributed by atoms with Crippen LogP contribution < -0.4 is 10.0 Å². The van der Waals surface area contributed by atoms with Crippen LogP contribution in [0.25, 0.3) is 0 Å². The molecule has 0 bridgehead atoms. The van der Waals surface area contributed by atoms with E-state index in [2.05, 4.69) is 20.1 Å². The van der Waals surface area contributed by atoms with Crippen LogP contribution in [0, 0.1) is 0 Å². The van der Waals surface area contributed by atoms with E-state index in [0.717, 1.165) is 22.9 Å². The Balaban J connectivity index is 1.99. The molecule has 0 unspecified atom stereocenters. The zero-order chi connectivity index (χ0) is 15.3. The van der Waals surface area contributed by atoms with Crippen molar-refractivity contribution in [3.05, 3.63) is 28.5 Å². The Morgan fingerprint density at radius 3 is 2.86 bits per heavy atom. The molecule has 0 aliphatic heterocycles. The molecular formula is C12H19N5O2S2. The lowest BCUT2D eigenvalue weighted by Crippen LogP contribution is -2.22. The number of aromatic nitrogens is 3. The van der Waals surface area contributed by atoms with E-state index < -0.39 is 10.0 Å². The highest BCUT2D eigenvalue weighted by molar-refractivity contribution is 7.89. The third-order valence-electron chi connectivity index (χ3n) is 2.87. The van der Waals surface area contributed by atoms with E-state index in [1.54, 1.807) is 10.9 Å². The molecule has 0 aliphatic rings. The molecule has 0 fully saturated rings. The number of hydrogen-bond acceptors (Lipinski definition) is 6. The summed E-state index contributed by atoms with van der Waals surface area (Å²) in [7, 11) is -1.71. The van der Waals surface area contributed by atoms with Crippen molar-refractivity contribution >= 4 is 21.4 Å². The fourth-order valence-electron chi connectivity index (χ4n) is 1.67.